The molecule has 4 heteroatoms. The van der Waals surface area contributed by atoms with Gasteiger partial charge in [0.05, 0.1) is 12.5 Å². The molecule has 104 valence electrons. The maximum atomic E-state index is 12.1. The SMILES string of the molecule is NCC(Cc1ccccc1)NC(=O)C1CCCOC1. The molecule has 3 N–H and O–H groups in total. The van der Waals surface area contributed by atoms with Gasteiger partial charge in [-0.25, -0.2) is 0 Å². The van der Waals surface area contributed by atoms with Gasteiger partial charge in [0, 0.05) is 19.2 Å². The lowest BCUT2D eigenvalue weighted by molar-refractivity contribution is -0.129. The Balaban J connectivity index is 1.86. The van der Waals surface area contributed by atoms with Gasteiger partial charge in [0.25, 0.3) is 0 Å². The van der Waals surface area contributed by atoms with Crippen molar-refractivity contribution in [3.8, 4) is 0 Å². The average molecular weight is 262 g/mol. The molecule has 0 aliphatic carbocycles. The van der Waals surface area contributed by atoms with Crippen LogP contribution in [0.4, 0.5) is 0 Å². The topological polar surface area (TPSA) is 64.3 Å². The van der Waals surface area contributed by atoms with Crippen LogP contribution in [0.5, 0.6) is 0 Å². The minimum Gasteiger partial charge on any atom is -0.381 e. The van der Waals surface area contributed by atoms with E-state index in [0.29, 0.717) is 13.2 Å². The average Bonchev–Trinajstić information content (AvgIpc) is 2.48. The third-order valence-corrected chi connectivity index (χ3v) is 3.49. The van der Waals surface area contributed by atoms with Crippen molar-refractivity contribution in [3.05, 3.63) is 35.9 Å². The first-order valence-electron chi connectivity index (χ1n) is 6.91. The number of hydrogen-bond acceptors (Lipinski definition) is 3. The predicted molar refractivity (Wildman–Crippen MR) is 74.7 cm³/mol. The van der Waals surface area contributed by atoms with Crippen LogP contribution >= 0.6 is 0 Å². The zero-order valence-electron chi connectivity index (χ0n) is 11.2. The molecule has 1 saturated heterocycles. The van der Waals surface area contributed by atoms with Crippen molar-refractivity contribution >= 4 is 5.91 Å². The highest BCUT2D eigenvalue weighted by molar-refractivity contribution is 5.79. The van der Waals surface area contributed by atoms with Gasteiger partial charge in [-0.1, -0.05) is 30.3 Å². The fraction of sp³-hybridized carbons (Fsp3) is 0.533. The summed E-state index contributed by atoms with van der Waals surface area (Å²) >= 11 is 0. The molecule has 1 aliphatic rings. The highest BCUT2D eigenvalue weighted by Crippen LogP contribution is 2.14. The van der Waals surface area contributed by atoms with E-state index in [1.807, 2.05) is 18.2 Å². The van der Waals surface area contributed by atoms with Crippen molar-refractivity contribution in [2.24, 2.45) is 11.7 Å². The second-order valence-electron chi connectivity index (χ2n) is 5.05. The fourth-order valence-electron chi connectivity index (χ4n) is 2.36. The Morgan fingerprint density at radius 1 is 1.42 bits per heavy atom. The first kappa shape index (κ1) is 14.0. The molecule has 1 amide bonds. The molecular weight excluding hydrogens is 240 g/mol. The summed E-state index contributed by atoms with van der Waals surface area (Å²) in [6, 6.07) is 10.1. The Labute approximate surface area is 114 Å². The number of rotatable bonds is 5. The Bertz CT molecular complexity index is 388. The summed E-state index contributed by atoms with van der Waals surface area (Å²) in [5.41, 5.74) is 6.95. The number of hydrogen-bond donors (Lipinski definition) is 2. The second-order valence-corrected chi connectivity index (χ2v) is 5.05. The van der Waals surface area contributed by atoms with Crippen LogP contribution in [-0.4, -0.2) is 31.7 Å². The molecule has 19 heavy (non-hydrogen) atoms. The van der Waals surface area contributed by atoms with Gasteiger partial charge >= 0.3 is 0 Å². The second kappa shape index (κ2) is 7.26. The molecule has 1 heterocycles. The van der Waals surface area contributed by atoms with Gasteiger partial charge in [-0.3, -0.25) is 4.79 Å². The lowest BCUT2D eigenvalue weighted by Crippen LogP contribution is -2.46. The van der Waals surface area contributed by atoms with Crippen molar-refractivity contribution in [2.75, 3.05) is 19.8 Å². The minimum absolute atomic E-state index is 0.00294. The van der Waals surface area contributed by atoms with Crippen LogP contribution in [0.25, 0.3) is 0 Å². The van der Waals surface area contributed by atoms with E-state index in [2.05, 4.69) is 17.4 Å². The summed E-state index contributed by atoms with van der Waals surface area (Å²) in [5.74, 6) is 0.0599. The molecular formula is C15H22N2O2. The highest BCUT2D eigenvalue weighted by Gasteiger charge is 2.23. The molecule has 0 bridgehead atoms. The van der Waals surface area contributed by atoms with Gasteiger partial charge in [-0.15, -0.1) is 0 Å². The van der Waals surface area contributed by atoms with Crippen LogP contribution in [0.3, 0.4) is 0 Å². The molecule has 1 aromatic rings. The molecule has 0 radical (unpaired) electrons. The maximum absolute atomic E-state index is 12.1. The summed E-state index contributed by atoms with van der Waals surface area (Å²) in [6.45, 7) is 1.76. The van der Waals surface area contributed by atoms with Crippen LogP contribution < -0.4 is 11.1 Å². The third kappa shape index (κ3) is 4.33. The number of nitrogens with one attached hydrogen (secondary N) is 1. The van der Waals surface area contributed by atoms with Gasteiger partial charge in [0.15, 0.2) is 0 Å². The number of ether oxygens (including phenoxy) is 1. The van der Waals surface area contributed by atoms with Gasteiger partial charge in [-0.05, 0) is 24.8 Å². The lowest BCUT2D eigenvalue weighted by atomic mass is 10.00. The fourth-order valence-corrected chi connectivity index (χ4v) is 2.36. The van der Waals surface area contributed by atoms with Crippen LogP contribution in [0.1, 0.15) is 18.4 Å². The zero-order valence-corrected chi connectivity index (χ0v) is 11.2. The molecule has 0 saturated carbocycles. The number of carbonyl (C=O) groups is 1. The van der Waals surface area contributed by atoms with Crippen LogP contribution in [0, 0.1) is 5.92 Å². The molecule has 0 spiro atoms. The number of carbonyl (C=O) groups excluding carboxylic acids is 1. The van der Waals surface area contributed by atoms with E-state index < -0.39 is 0 Å². The van der Waals surface area contributed by atoms with Gasteiger partial charge in [0.1, 0.15) is 0 Å². The van der Waals surface area contributed by atoms with Crippen molar-refractivity contribution in [1.82, 2.24) is 5.32 Å². The largest absolute Gasteiger partial charge is 0.381 e. The summed E-state index contributed by atoms with van der Waals surface area (Å²) < 4.78 is 5.34. The summed E-state index contributed by atoms with van der Waals surface area (Å²) in [4.78, 5) is 12.1. The normalized spacial score (nSPS) is 20.8. The van der Waals surface area contributed by atoms with Gasteiger partial charge in [-0.2, -0.15) is 0 Å². The Morgan fingerprint density at radius 3 is 2.84 bits per heavy atom. The summed E-state index contributed by atoms with van der Waals surface area (Å²) in [5, 5.41) is 3.04. The van der Waals surface area contributed by atoms with Crippen molar-refractivity contribution in [2.45, 2.75) is 25.3 Å². The number of benzene rings is 1. The van der Waals surface area contributed by atoms with Crippen LogP contribution in [0.2, 0.25) is 0 Å². The smallest absolute Gasteiger partial charge is 0.225 e. The molecule has 2 atom stereocenters. The predicted octanol–water partition coefficient (Wildman–Crippen LogP) is 1.10. The zero-order chi connectivity index (χ0) is 13.5. The minimum atomic E-state index is -0.0152. The van der Waals surface area contributed by atoms with E-state index in [1.54, 1.807) is 0 Å². The molecule has 2 unspecified atom stereocenters. The molecule has 2 rings (SSSR count). The van der Waals surface area contributed by atoms with E-state index in [4.69, 9.17) is 10.5 Å². The maximum Gasteiger partial charge on any atom is 0.225 e. The third-order valence-electron chi connectivity index (χ3n) is 3.49. The molecule has 1 aromatic carbocycles. The summed E-state index contributed by atoms with van der Waals surface area (Å²) in [6.07, 6.45) is 2.65. The van der Waals surface area contributed by atoms with E-state index in [0.717, 1.165) is 25.9 Å². The monoisotopic (exact) mass is 262 g/mol. The van der Waals surface area contributed by atoms with E-state index in [1.165, 1.54) is 5.56 Å². The first-order chi connectivity index (χ1) is 9.29. The van der Waals surface area contributed by atoms with Crippen LogP contribution in [0.15, 0.2) is 30.3 Å². The summed E-state index contributed by atoms with van der Waals surface area (Å²) in [7, 11) is 0. The Morgan fingerprint density at radius 2 is 2.21 bits per heavy atom. The standard InChI is InChI=1S/C15H22N2O2/c16-10-14(9-12-5-2-1-3-6-12)17-15(18)13-7-4-8-19-11-13/h1-3,5-6,13-14H,4,7-11,16H2,(H,17,18). The van der Waals surface area contributed by atoms with E-state index >= 15 is 0 Å². The number of nitrogens with two attached hydrogens (primary N) is 1. The van der Waals surface area contributed by atoms with E-state index in [9.17, 15) is 4.79 Å². The highest BCUT2D eigenvalue weighted by atomic mass is 16.5. The first-order valence-corrected chi connectivity index (χ1v) is 6.91. The van der Waals surface area contributed by atoms with Gasteiger partial charge in [0.2, 0.25) is 5.91 Å². The molecule has 4 nitrogen and oxygen atoms in total. The Kier molecular flexibility index (Phi) is 5.36. The van der Waals surface area contributed by atoms with E-state index in [-0.39, 0.29) is 17.9 Å². The van der Waals surface area contributed by atoms with Crippen molar-refractivity contribution in [3.63, 3.8) is 0 Å². The molecule has 1 fully saturated rings. The lowest BCUT2D eigenvalue weighted by Gasteiger charge is -2.24. The van der Waals surface area contributed by atoms with Gasteiger partial charge < -0.3 is 15.8 Å². The molecule has 0 aromatic heterocycles. The van der Waals surface area contributed by atoms with Crippen LogP contribution in [-0.2, 0) is 16.0 Å². The van der Waals surface area contributed by atoms with Crippen molar-refractivity contribution < 1.29 is 9.53 Å². The van der Waals surface area contributed by atoms with Crippen molar-refractivity contribution in [1.29, 1.82) is 0 Å². The number of amides is 1. The Hall–Kier alpha value is -1.39. The quantitative estimate of drug-likeness (QED) is 0.835. The molecule has 1 aliphatic heterocycles.